The van der Waals surface area contributed by atoms with Crippen molar-refractivity contribution in [1.82, 2.24) is 4.98 Å². The summed E-state index contributed by atoms with van der Waals surface area (Å²) in [4.78, 5) is 4.36. The molecule has 0 bridgehead atoms. The molecule has 1 N–H and O–H groups in total. The van der Waals surface area contributed by atoms with Crippen molar-refractivity contribution < 1.29 is 0 Å². The van der Waals surface area contributed by atoms with Crippen LogP contribution in [0.2, 0.25) is 0 Å². The van der Waals surface area contributed by atoms with Crippen molar-refractivity contribution in [2.45, 2.75) is 19.8 Å². The first-order chi connectivity index (χ1) is 5.84. The third-order valence-corrected chi connectivity index (χ3v) is 2.16. The average molecular weight is 162 g/mol. The van der Waals surface area contributed by atoms with Crippen molar-refractivity contribution in [3.05, 3.63) is 23.9 Å². The summed E-state index contributed by atoms with van der Waals surface area (Å²) in [6, 6.07) is 6.08. The quantitative estimate of drug-likeness (QED) is 0.737. The number of nitrogens with zero attached hydrogens (tertiary/aromatic N) is 1. The van der Waals surface area contributed by atoms with Crippen LogP contribution in [0.1, 0.15) is 18.5 Å². The van der Waals surface area contributed by atoms with Crippen LogP contribution >= 0.6 is 0 Å². The van der Waals surface area contributed by atoms with Gasteiger partial charge in [0, 0.05) is 12.2 Å². The van der Waals surface area contributed by atoms with E-state index in [1.165, 1.54) is 12.8 Å². The van der Waals surface area contributed by atoms with Crippen LogP contribution in [0.4, 0.5) is 5.82 Å². The lowest BCUT2D eigenvalue weighted by Gasteiger charge is -2.03. The van der Waals surface area contributed by atoms with Crippen LogP contribution in [-0.4, -0.2) is 11.5 Å². The zero-order chi connectivity index (χ0) is 8.39. The van der Waals surface area contributed by atoms with Gasteiger partial charge in [0.05, 0.1) is 0 Å². The second-order valence-corrected chi connectivity index (χ2v) is 3.49. The molecule has 2 heteroatoms. The first kappa shape index (κ1) is 7.59. The maximum Gasteiger partial charge on any atom is 0.126 e. The van der Waals surface area contributed by atoms with Crippen molar-refractivity contribution in [3.63, 3.8) is 0 Å². The Labute approximate surface area is 73.0 Å². The third-order valence-electron chi connectivity index (χ3n) is 2.16. The molecule has 0 spiro atoms. The van der Waals surface area contributed by atoms with E-state index in [2.05, 4.69) is 10.3 Å². The first-order valence-corrected chi connectivity index (χ1v) is 4.52. The van der Waals surface area contributed by atoms with Gasteiger partial charge in [-0.25, -0.2) is 4.98 Å². The van der Waals surface area contributed by atoms with Gasteiger partial charge in [0.2, 0.25) is 0 Å². The molecule has 1 aliphatic rings. The summed E-state index contributed by atoms with van der Waals surface area (Å²) in [5.41, 5.74) is 1.08. The molecular weight excluding hydrogens is 148 g/mol. The van der Waals surface area contributed by atoms with Gasteiger partial charge in [-0.1, -0.05) is 6.07 Å². The van der Waals surface area contributed by atoms with Gasteiger partial charge in [0.1, 0.15) is 5.82 Å². The first-order valence-electron chi connectivity index (χ1n) is 4.52. The van der Waals surface area contributed by atoms with Crippen molar-refractivity contribution in [1.29, 1.82) is 0 Å². The number of rotatable bonds is 3. The fraction of sp³-hybridized carbons (Fsp3) is 0.500. The van der Waals surface area contributed by atoms with Crippen LogP contribution in [-0.2, 0) is 0 Å². The number of aromatic nitrogens is 1. The van der Waals surface area contributed by atoms with E-state index in [-0.39, 0.29) is 0 Å². The molecule has 0 atom stereocenters. The highest BCUT2D eigenvalue weighted by Gasteiger charge is 2.20. The predicted octanol–water partition coefficient (Wildman–Crippen LogP) is 2.21. The summed E-state index contributed by atoms with van der Waals surface area (Å²) < 4.78 is 0. The Morgan fingerprint density at radius 3 is 3.00 bits per heavy atom. The third kappa shape index (κ3) is 1.97. The highest BCUT2D eigenvalue weighted by Crippen LogP contribution is 2.28. The normalized spacial score (nSPS) is 16.1. The van der Waals surface area contributed by atoms with E-state index in [1.807, 2.05) is 25.1 Å². The molecule has 1 saturated carbocycles. The maximum absolute atomic E-state index is 4.36. The number of anilines is 1. The lowest BCUT2D eigenvalue weighted by molar-refractivity contribution is 0.881. The van der Waals surface area contributed by atoms with E-state index < -0.39 is 0 Å². The summed E-state index contributed by atoms with van der Waals surface area (Å²) in [7, 11) is 0. The van der Waals surface area contributed by atoms with E-state index in [0.29, 0.717) is 0 Å². The highest BCUT2D eigenvalue weighted by atomic mass is 15.0. The molecule has 64 valence electrons. The van der Waals surface area contributed by atoms with Crippen molar-refractivity contribution in [2.75, 3.05) is 11.9 Å². The molecule has 0 aliphatic heterocycles. The Bertz CT molecular complexity index is 266. The van der Waals surface area contributed by atoms with Gasteiger partial charge in [0.15, 0.2) is 0 Å². The van der Waals surface area contributed by atoms with Crippen molar-refractivity contribution in [3.8, 4) is 0 Å². The van der Waals surface area contributed by atoms with Crippen LogP contribution in [0.15, 0.2) is 18.2 Å². The molecule has 1 aliphatic carbocycles. The molecule has 0 saturated heterocycles. The monoisotopic (exact) mass is 162 g/mol. The molecule has 0 unspecified atom stereocenters. The Morgan fingerprint density at radius 1 is 1.50 bits per heavy atom. The minimum Gasteiger partial charge on any atom is -0.370 e. The molecule has 0 aromatic carbocycles. The van der Waals surface area contributed by atoms with Crippen molar-refractivity contribution in [2.24, 2.45) is 5.92 Å². The van der Waals surface area contributed by atoms with E-state index in [4.69, 9.17) is 0 Å². The van der Waals surface area contributed by atoms with Gasteiger partial charge in [-0.3, -0.25) is 0 Å². The molecule has 1 aromatic heterocycles. The standard InChI is InChI=1S/C10H14N2/c1-8-3-2-4-10(12-8)11-7-9-5-6-9/h2-4,9H,5-7H2,1H3,(H,11,12). The van der Waals surface area contributed by atoms with Crippen LogP contribution in [0.3, 0.4) is 0 Å². The molecule has 1 aromatic rings. The Morgan fingerprint density at radius 2 is 2.33 bits per heavy atom. The van der Waals surface area contributed by atoms with Gasteiger partial charge in [-0.05, 0) is 37.8 Å². The lowest BCUT2D eigenvalue weighted by atomic mass is 10.3. The van der Waals surface area contributed by atoms with E-state index in [0.717, 1.165) is 24.0 Å². The van der Waals surface area contributed by atoms with Gasteiger partial charge in [0.25, 0.3) is 0 Å². The zero-order valence-corrected chi connectivity index (χ0v) is 7.38. The molecule has 1 fully saturated rings. The van der Waals surface area contributed by atoms with Crippen LogP contribution < -0.4 is 5.32 Å². The summed E-state index contributed by atoms with van der Waals surface area (Å²) in [6.45, 7) is 3.11. The number of nitrogens with one attached hydrogen (secondary N) is 1. The Hall–Kier alpha value is -1.05. The largest absolute Gasteiger partial charge is 0.370 e. The van der Waals surface area contributed by atoms with Gasteiger partial charge in [-0.15, -0.1) is 0 Å². The number of pyridine rings is 1. The lowest BCUT2D eigenvalue weighted by Crippen LogP contribution is -2.04. The second kappa shape index (κ2) is 3.13. The number of hydrogen-bond donors (Lipinski definition) is 1. The second-order valence-electron chi connectivity index (χ2n) is 3.49. The van der Waals surface area contributed by atoms with Gasteiger partial charge >= 0.3 is 0 Å². The van der Waals surface area contributed by atoms with Crippen molar-refractivity contribution >= 4 is 5.82 Å². The van der Waals surface area contributed by atoms with E-state index in [1.54, 1.807) is 0 Å². The average Bonchev–Trinajstić information content (AvgIpc) is 2.84. The SMILES string of the molecule is Cc1cccc(NCC2CC2)n1. The smallest absolute Gasteiger partial charge is 0.126 e. The fourth-order valence-corrected chi connectivity index (χ4v) is 1.21. The van der Waals surface area contributed by atoms with E-state index in [9.17, 15) is 0 Å². The fourth-order valence-electron chi connectivity index (χ4n) is 1.21. The van der Waals surface area contributed by atoms with E-state index >= 15 is 0 Å². The van der Waals surface area contributed by atoms with Gasteiger partial charge in [-0.2, -0.15) is 0 Å². The minimum absolute atomic E-state index is 0.910. The minimum atomic E-state index is 0.910. The van der Waals surface area contributed by atoms with Crippen LogP contribution in [0.25, 0.3) is 0 Å². The molecule has 2 rings (SSSR count). The molecule has 1 heterocycles. The maximum atomic E-state index is 4.36. The Balaban J connectivity index is 1.92. The molecular formula is C10H14N2. The zero-order valence-electron chi connectivity index (χ0n) is 7.38. The molecule has 2 nitrogen and oxygen atoms in total. The topological polar surface area (TPSA) is 24.9 Å². The number of aryl methyl sites for hydroxylation is 1. The van der Waals surface area contributed by atoms with Crippen LogP contribution in [0.5, 0.6) is 0 Å². The predicted molar refractivity (Wildman–Crippen MR) is 50.2 cm³/mol. The summed E-state index contributed by atoms with van der Waals surface area (Å²) in [5.74, 6) is 1.93. The summed E-state index contributed by atoms with van der Waals surface area (Å²) >= 11 is 0. The summed E-state index contributed by atoms with van der Waals surface area (Å²) in [5, 5.41) is 3.34. The molecule has 0 amide bonds. The van der Waals surface area contributed by atoms with Crippen LogP contribution in [0, 0.1) is 12.8 Å². The molecule has 12 heavy (non-hydrogen) atoms. The molecule has 0 radical (unpaired) electrons. The highest BCUT2D eigenvalue weighted by molar-refractivity contribution is 5.35. The van der Waals surface area contributed by atoms with Gasteiger partial charge < -0.3 is 5.32 Å². The Kier molecular flexibility index (Phi) is 1.98. The number of hydrogen-bond acceptors (Lipinski definition) is 2. The summed E-state index contributed by atoms with van der Waals surface area (Å²) in [6.07, 6.45) is 2.78.